The molecule has 2 aliphatic rings. The highest BCUT2D eigenvalue weighted by molar-refractivity contribution is 6.00. The maximum atomic E-state index is 12.7. The molecule has 1 aromatic heterocycles. The maximum Gasteiger partial charge on any atom is 0.289 e. The predicted molar refractivity (Wildman–Crippen MR) is 98.4 cm³/mol. The minimum atomic E-state index is -0.215. The number of furan rings is 1. The van der Waals surface area contributed by atoms with E-state index in [1.165, 1.54) is 0 Å². The van der Waals surface area contributed by atoms with Crippen molar-refractivity contribution in [1.82, 2.24) is 4.90 Å². The predicted octanol–water partition coefficient (Wildman–Crippen LogP) is 3.48. The van der Waals surface area contributed by atoms with Gasteiger partial charge in [0.15, 0.2) is 11.5 Å². The molecular formula is C21H23NO5. The normalized spacial score (nSPS) is 22.1. The second kappa shape index (κ2) is 7.10. The minimum Gasteiger partial charge on any atom is -0.497 e. The Bertz CT molecular complexity index is 871. The number of aryl methyl sites for hydroxylation is 1. The number of nitrogens with zero attached hydrogens (tertiary/aromatic N) is 1. The van der Waals surface area contributed by atoms with Gasteiger partial charge in [-0.2, -0.15) is 0 Å². The number of rotatable bonds is 3. The van der Waals surface area contributed by atoms with Crippen molar-refractivity contribution in [3.8, 4) is 11.5 Å². The number of amides is 1. The monoisotopic (exact) mass is 369 g/mol. The highest BCUT2D eigenvalue weighted by atomic mass is 16.5. The van der Waals surface area contributed by atoms with E-state index in [-0.39, 0.29) is 23.7 Å². The van der Waals surface area contributed by atoms with Crippen LogP contribution in [0, 0.1) is 12.8 Å². The first kappa shape index (κ1) is 17.6. The summed E-state index contributed by atoms with van der Waals surface area (Å²) in [6.07, 6.45) is 1.93. The number of carbonyl (C=O) groups excluding carboxylic acids is 2. The number of methoxy groups -OCH3 is 1. The van der Waals surface area contributed by atoms with Crippen LogP contribution in [0.2, 0.25) is 0 Å². The molecule has 0 N–H and O–H groups in total. The van der Waals surface area contributed by atoms with Gasteiger partial charge >= 0.3 is 0 Å². The van der Waals surface area contributed by atoms with Crippen molar-refractivity contribution in [2.24, 2.45) is 5.92 Å². The van der Waals surface area contributed by atoms with Gasteiger partial charge in [0.25, 0.3) is 5.91 Å². The van der Waals surface area contributed by atoms with Gasteiger partial charge in [-0.25, -0.2) is 0 Å². The van der Waals surface area contributed by atoms with Gasteiger partial charge in [-0.3, -0.25) is 9.59 Å². The minimum absolute atomic E-state index is 0.0604. The van der Waals surface area contributed by atoms with Crippen LogP contribution in [-0.2, 0) is 0 Å². The average Bonchev–Trinajstić information content (AvgIpc) is 3.13. The second-order valence-corrected chi connectivity index (χ2v) is 7.21. The molecule has 0 saturated carbocycles. The Kier molecular flexibility index (Phi) is 4.64. The van der Waals surface area contributed by atoms with Crippen LogP contribution in [0.1, 0.15) is 45.9 Å². The van der Waals surface area contributed by atoms with Crippen molar-refractivity contribution in [1.29, 1.82) is 0 Å². The lowest BCUT2D eigenvalue weighted by Gasteiger charge is -2.38. The molecule has 2 atom stereocenters. The van der Waals surface area contributed by atoms with Gasteiger partial charge in [-0.05, 0) is 50.1 Å². The van der Waals surface area contributed by atoms with Crippen LogP contribution in [-0.4, -0.2) is 42.9 Å². The van der Waals surface area contributed by atoms with Crippen molar-refractivity contribution in [3.05, 3.63) is 47.4 Å². The van der Waals surface area contributed by atoms with E-state index in [9.17, 15) is 9.59 Å². The number of hydrogen-bond acceptors (Lipinski definition) is 5. The van der Waals surface area contributed by atoms with E-state index >= 15 is 0 Å². The Labute approximate surface area is 158 Å². The SMILES string of the molecule is COc1ccc2c(c1)C(=O)C[C@@H]([C@@H]1CCCN(C(=O)c3ccc(C)o3)C1)O2. The second-order valence-electron chi connectivity index (χ2n) is 7.21. The first-order chi connectivity index (χ1) is 13.0. The van der Waals surface area contributed by atoms with E-state index in [2.05, 4.69) is 0 Å². The Morgan fingerprint density at radius 3 is 2.85 bits per heavy atom. The molecule has 6 heteroatoms. The molecule has 0 aliphatic carbocycles. The number of ether oxygens (including phenoxy) is 2. The number of ketones is 1. The summed E-state index contributed by atoms with van der Waals surface area (Å²) in [5, 5.41) is 0. The molecule has 142 valence electrons. The summed E-state index contributed by atoms with van der Waals surface area (Å²) in [4.78, 5) is 27.1. The van der Waals surface area contributed by atoms with Gasteiger partial charge in [0.05, 0.1) is 12.7 Å². The van der Waals surface area contributed by atoms with Crippen LogP contribution in [0.5, 0.6) is 11.5 Å². The molecule has 4 rings (SSSR count). The number of likely N-dealkylation sites (tertiary alicyclic amines) is 1. The lowest BCUT2D eigenvalue weighted by molar-refractivity contribution is 0.0390. The Hall–Kier alpha value is -2.76. The third-order valence-electron chi connectivity index (χ3n) is 5.37. The summed E-state index contributed by atoms with van der Waals surface area (Å²) in [6, 6.07) is 8.82. The average molecular weight is 369 g/mol. The standard InChI is InChI=1S/C21H23NO5/c1-13-5-7-19(26-13)21(24)22-9-3-4-14(12-22)20-11-17(23)16-10-15(25-2)6-8-18(16)27-20/h5-8,10,14,20H,3-4,9,11-12H2,1-2H3/t14-,20+/m1/s1. The van der Waals surface area contributed by atoms with Crippen molar-refractivity contribution in [3.63, 3.8) is 0 Å². The highest BCUT2D eigenvalue weighted by Crippen LogP contribution is 2.35. The van der Waals surface area contributed by atoms with Gasteiger partial charge < -0.3 is 18.8 Å². The zero-order valence-electron chi connectivity index (χ0n) is 15.6. The van der Waals surface area contributed by atoms with Crippen LogP contribution in [0.4, 0.5) is 0 Å². The van der Waals surface area contributed by atoms with Gasteiger partial charge in [0.2, 0.25) is 0 Å². The molecule has 3 heterocycles. The Balaban J connectivity index is 1.48. The summed E-state index contributed by atoms with van der Waals surface area (Å²) in [7, 11) is 1.58. The van der Waals surface area contributed by atoms with Gasteiger partial charge in [-0.15, -0.1) is 0 Å². The molecular weight excluding hydrogens is 346 g/mol. The zero-order chi connectivity index (χ0) is 19.0. The quantitative estimate of drug-likeness (QED) is 0.828. The van der Waals surface area contributed by atoms with E-state index in [0.717, 1.165) is 18.6 Å². The van der Waals surface area contributed by atoms with Crippen molar-refractivity contribution in [2.75, 3.05) is 20.2 Å². The van der Waals surface area contributed by atoms with E-state index in [0.29, 0.717) is 42.3 Å². The molecule has 0 spiro atoms. The zero-order valence-corrected chi connectivity index (χ0v) is 15.6. The van der Waals surface area contributed by atoms with Crippen molar-refractivity contribution >= 4 is 11.7 Å². The number of Topliss-reactive ketones (excluding diaryl/α,β-unsaturated/α-hetero) is 1. The van der Waals surface area contributed by atoms with E-state index < -0.39 is 0 Å². The maximum absolute atomic E-state index is 12.7. The topological polar surface area (TPSA) is 69.0 Å². The third kappa shape index (κ3) is 3.44. The first-order valence-electron chi connectivity index (χ1n) is 9.29. The highest BCUT2D eigenvalue weighted by Gasteiger charge is 2.36. The third-order valence-corrected chi connectivity index (χ3v) is 5.37. The fraction of sp³-hybridized carbons (Fsp3) is 0.429. The van der Waals surface area contributed by atoms with E-state index in [1.54, 1.807) is 37.4 Å². The smallest absolute Gasteiger partial charge is 0.289 e. The van der Waals surface area contributed by atoms with E-state index in [1.807, 2.05) is 11.8 Å². The molecule has 1 saturated heterocycles. The summed E-state index contributed by atoms with van der Waals surface area (Å²) in [5.74, 6) is 2.42. The summed E-state index contributed by atoms with van der Waals surface area (Å²) in [6.45, 7) is 3.09. The number of piperidine rings is 1. The molecule has 0 radical (unpaired) electrons. The molecule has 1 fully saturated rings. The molecule has 2 aliphatic heterocycles. The van der Waals surface area contributed by atoms with Crippen LogP contribution in [0.25, 0.3) is 0 Å². The molecule has 2 aromatic rings. The van der Waals surface area contributed by atoms with Crippen molar-refractivity contribution < 1.29 is 23.5 Å². The molecule has 0 bridgehead atoms. The van der Waals surface area contributed by atoms with Crippen LogP contribution in [0.3, 0.4) is 0 Å². The number of fused-ring (bicyclic) bond motifs is 1. The van der Waals surface area contributed by atoms with Gasteiger partial charge in [0.1, 0.15) is 23.4 Å². The van der Waals surface area contributed by atoms with Crippen LogP contribution >= 0.6 is 0 Å². The fourth-order valence-electron chi connectivity index (χ4n) is 3.92. The Morgan fingerprint density at radius 1 is 1.26 bits per heavy atom. The number of carbonyl (C=O) groups is 2. The van der Waals surface area contributed by atoms with Gasteiger partial charge in [0, 0.05) is 25.4 Å². The summed E-state index contributed by atoms with van der Waals surface area (Å²) >= 11 is 0. The lowest BCUT2D eigenvalue weighted by Crippen LogP contribution is -2.46. The molecule has 1 amide bonds. The van der Waals surface area contributed by atoms with Crippen LogP contribution in [0.15, 0.2) is 34.7 Å². The van der Waals surface area contributed by atoms with E-state index in [4.69, 9.17) is 13.9 Å². The molecule has 1 aromatic carbocycles. The fourth-order valence-corrected chi connectivity index (χ4v) is 3.92. The van der Waals surface area contributed by atoms with Gasteiger partial charge in [-0.1, -0.05) is 0 Å². The molecule has 6 nitrogen and oxygen atoms in total. The largest absolute Gasteiger partial charge is 0.497 e. The van der Waals surface area contributed by atoms with Crippen molar-refractivity contribution in [2.45, 2.75) is 32.3 Å². The van der Waals surface area contributed by atoms with Crippen LogP contribution < -0.4 is 9.47 Å². The molecule has 27 heavy (non-hydrogen) atoms. The summed E-state index contributed by atoms with van der Waals surface area (Å²) < 4.78 is 16.8. The lowest BCUT2D eigenvalue weighted by atomic mass is 9.86. The first-order valence-corrected chi connectivity index (χ1v) is 9.29. The Morgan fingerprint density at radius 2 is 2.11 bits per heavy atom. The number of benzene rings is 1. The summed E-state index contributed by atoms with van der Waals surface area (Å²) in [5.41, 5.74) is 0.570. The number of hydrogen-bond donors (Lipinski definition) is 0. The molecule has 0 unspecified atom stereocenters.